The highest BCUT2D eigenvalue weighted by Crippen LogP contribution is 2.32. The first-order valence-electron chi connectivity index (χ1n) is 6.23. The van der Waals surface area contributed by atoms with Crippen molar-refractivity contribution in [3.8, 4) is 5.75 Å². The van der Waals surface area contributed by atoms with Gasteiger partial charge in [-0.25, -0.2) is 4.79 Å². The summed E-state index contributed by atoms with van der Waals surface area (Å²) in [6.45, 7) is 1.35. The second-order valence-electron chi connectivity index (χ2n) is 4.20. The molecule has 0 aliphatic rings. The summed E-state index contributed by atoms with van der Waals surface area (Å²) in [6, 6.07) is 4.10. The summed E-state index contributed by atoms with van der Waals surface area (Å²) in [5.74, 6) is 0.263. The highest BCUT2D eigenvalue weighted by molar-refractivity contribution is 6.32. The van der Waals surface area contributed by atoms with Gasteiger partial charge >= 0.3 is 12.2 Å². The Hall–Kier alpha value is -1.63. The number of nitrogens with zero attached hydrogens (tertiary/aromatic N) is 1. The van der Waals surface area contributed by atoms with Crippen LogP contribution in [0.5, 0.6) is 5.75 Å². The third-order valence-electron chi connectivity index (χ3n) is 2.75. The van der Waals surface area contributed by atoms with Crippen molar-refractivity contribution in [2.24, 2.45) is 0 Å². The highest BCUT2D eigenvalue weighted by atomic mass is 35.5. The zero-order valence-corrected chi connectivity index (χ0v) is 12.4. The summed E-state index contributed by atoms with van der Waals surface area (Å²) < 4.78 is 41.7. The largest absolute Gasteiger partial charge is 0.493 e. The summed E-state index contributed by atoms with van der Waals surface area (Å²) in [7, 11) is 1.39. The molecule has 0 saturated heterocycles. The van der Waals surface area contributed by atoms with Crippen molar-refractivity contribution < 1.29 is 22.7 Å². The number of hydrogen-bond acceptors (Lipinski definition) is 2. The predicted octanol–water partition coefficient (Wildman–Crippen LogP) is 4.15. The Morgan fingerprint density at radius 2 is 2.10 bits per heavy atom. The summed E-state index contributed by atoms with van der Waals surface area (Å²) in [5.41, 5.74) is 0.306. The third-order valence-corrected chi connectivity index (χ3v) is 3.04. The molecule has 8 heteroatoms. The molecule has 0 saturated carbocycles. The van der Waals surface area contributed by atoms with Crippen LogP contribution in [0.3, 0.4) is 0 Å². The van der Waals surface area contributed by atoms with Crippen molar-refractivity contribution in [3.63, 3.8) is 0 Å². The normalized spacial score (nSPS) is 11.1. The molecule has 4 nitrogen and oxygen atoms in total. The molecule has 0 aromatic heterocycles. The van der Waals surface area contributed by atoms with Crippen LogP contribution in [0.15, 0.2) is 18.2 Å². The second kappa shape index (κ2) is 7.40. The lowest BCUT2D eigenvalue weighted by atomic mass is 10.3. The van der Waals surface area contributed by atoms with E-state index in [2.05, 4.69) is 5.32 Å². The Kier molecular flexibility index (Phi) is 6.14. The van der Waals surface area contributed by atoms with Crippen molar-refractivity contribution in [1.82, 2.24) is 4.90 Å². The van der Waals surface area contributed by atoms with Gasteiger partial charge in [-0.3, -0.25) is 0 Å². The van der Waals surface area contributed by atoms with E-state index in [4.69, 9.17) is 16.3 Å². The molecule has 1 aromatic rings. The topological polar surface area (TPSA) is 41.6 Å². The molecule has 1 N–H and O–H groups in total. The number of benzene rings is 1. The molecule has 0 bridgehead atoms. The Morgan fingerprint density at radius 1 is 1.43 bits per heavy atom. The molecular formula is C13H16ClF3N2O2. The first kappa shape index (κ1) is 17.4. The van der Waals surface area contributed by atoms with Crippen LogP contribution in [0.2, 0.25) is 5.02 Å². The molecule has 0 aliphatic carbocycles. The van der Waals surface area contributed by atoms with Crippen molar-refractivity contribution in [3.05, 3.63) is 23.2 Å². The van der Waals surface area contributed by atoms with Gasteiger partial charge in [-0.05, 0) is 19.1 Å². The number of hydrogen-bond donors (Lipinski definition) is 1. The number of methoxy groups -OCH3 is 1. The van der Waals surface area contributed by atoms with Gasteiger partial charge in [-0.1, -0.05) is 17.7 Å². The molecule has 0 aliphatic heterocycles. The molecule has 0 fully saturated rings. The van der Waals surface area contributed by atoms with Crippen LogP contribution in [0.1, 0.15) is 13.3 Å². The van der Waals surface area contributed by atoms with Crippen LogP contribution in [-0.2, 0) is 0 Å². The summed E-state index contributed by atoms with van der Waals surface area (Å²) >= 11 is 5.91. The minimum Gasteiger partial charge on any atom is -0.493 e. The number of urea groups is 1. The monoisotopic (exact) mass is 324 g/mol. The zero-order chi connectivity index (χ0) is 16.0. The first-order valence-corrected chi connectivity index (χ1v) is 6.61. The number of anilines is 1. The van der Waals surface area contributed by atoms with E-state index in [9.17, 15) is 18.0 Å². The van der Waals surface area contributed by atoms with Crippen LogP contribution in [0.25, 0.3) is 0 Å². The summed E-state index contributed by atoms with van der Waals surface area (Å²) in [4.78, 5) is 13.1. The van der Waals surface area contributed by atoms with E-state index in [0.29, 0.717) is 10.7 Å². The SMILES string of the molecule is CCN(CCC(F)(F)F)C(=O)Nc1cccc(Cl)c1OC. The van der Waals surface area contributed by atoms with Crippen LogP contribution in [-0.4, -0.2) is 37.3 Å². The summed E-state index contributed by atoms with van der Waals surface area (Å²) in [5, 5.41) is 2.80. The maximum atomic E-state index is 12.2. The van der Waals surface area contributed by atoms with E-state index in [1.807, 2.05) is 0 Å². The van der Waals surface area contributed by atoms with Gasteiger partial charge in [0.25, 0.3) is 0 Å². The molecule has 0 spiro atoms. The molecule has 0 heterocycles. The quantitative estimate of drug-likeness (QED) is 0.883. The number of ether oxygens (including phenoxy) is 1. The number of carbonyl (C=O) groups excluding carboxylic acids is 1. The molecule has 118 valence electrons. The van der Waals surface area contributed by atoms with Gasteiger partial charge in [0.1, 0.15) is 0 Å². The van der Waals surface area contributed by atoms with E-state index in [1.54, 1.807) is 25.1 Å². The van der Waals surface area contributed by atoms with E-state index in [0.717, 1.165) is 4.90 Å². The Balaban J connectivity index is 2.77. The van der Waals surface area contributed by atoms with E-state index in [-0.39, 0.29) is 12.3 Å². The van der Waals surface area contributed by atoms with Crippen LogP contribution in [0.4, 0.5) is 23.7 Å². The van der Waals surface area contributed by atoms with E-state index < -0.39 is 25.2 Å². The minimum absolute atomic E-state index is 0.158. The van der Waals surface area contributed by atoms with Gasteiger partial charge in [0.2, 0.25) is 0 Å². The first-order chi connectivity index (χ1) is 9.78. The molecule has 0 radical (unpaired) electrons. The zero-order valence-electron chi connectivity index (χ0n) is 11.6. The number of para-hydroxylation sites is 1. The molecule has 1 rings (SSSR count). The number of alkyl halides is 3. The molecule has 0 unspecified atom stereocenters. The fourth-order valence-corrected chi connectivity index (χ4v) is 1.93. The van der Waals surface area contributed by atoms with Gasteiger partial charge in [-0.15, -0.1) is 0 Å². The van der Waals surface area contributed by atoms with Crippen molar-refractivity contribution in [2.45, 2.75) is 19.5 Å². The smallest absolute Gasteiger partial charge is 0.390 e. The lowest BCUT2D eigenvalue weighted by Gasteiger charge is -2.22. The second-order valence-corrected chi connectivity index (χ2v) is 4.60. The average molecular weight is 325 g/mol. The maximum absolute atomic E-state index is 12.2. The Morgan fingerprint density at radius 3 is 2.62 bits per heavy atom. The fourth-order valence-electron chi connectivity index (χ4n) is 1.67. The molecular weight excluding hydrogens is 309 g/mol. The number of amides is 2. The van der Waals surface area contributed by atoms with Crippen LogP contribution in [0, 0.1) is 0 Å². The predicted molar refractivity (Wildman–Crippen MR) is 74.9 cm³/mol. The van der Waals surface area contributed by atoms with Gasteiger partial charge in [0.05, 0.1) is 24.2 Å². The van der Waals surface area contributed by atoms with Gasteiger partial charge in [-0.2, -0.15) is 13.2 Å². The number of halogens is 4. The molecule has 21 heavy (non-hydrogen) atoms. The summed E-state index contributed by atoms with van der Waals surface area (Å²) in [6.07, 6.45) is -5.36. The van der Waals surface area contributed by atoms with Crippen molar-refractivity contribution in [1.29, 1.82) is 0 Å². The standard InChI is InChI=1S/C13H16ClF3N2O2/c1-3-19(8-7-13(15,16)17)12(20)18-10-6-4-5-9(14)11(10)21-2/h4-6H,3,7-8H2,1-2H3,(H,18,20). The van der Waals surface area contributed by atoms with Gasteiger partial charge < -0.3 is 15.0 Å². The van der Waals surface area contributed by atoms with Crippen molar-refractivity contribution in [2.75, 3.05) is 25.5 Å². The van der Waals surface area contributed by atoms with Gasteiger partial charge in [0, 0.05) is 13.1 Å². The lowest BCUT2D eigenvalue weighted by molar-refractivity contribution is -0.136. The van der Waals surface area contributed by atoms with E-state index in [1.165, 1.54) is 7.11 Å². The third kappa shape index (κ3) is 5.34. The average Bonchev–Trinajstić information content (AvgIpc) is 2.38. The number of rotatable bonds is 5. The maximum Gasteiger partial charge on any atom is 0.390 e. The highest BCUT2D eigenvalue weighted by Gasteiger charge is 2.28. The van der Waals surface area contributed by atoms with Crippen LogP contribution < -0.4 is 10.1 Å². The lowest BCUT2D eigenvalue weighted by Crippen LogP contribution is -2.37. The van der Waals surface area contributed by atoms with Crippen LogP contribution >= 0.6 is 11.6 Å². The minimum atomic E-state index is -4.30. The van der Waals surface area contributed by atoms with Gasteiger partial charge in [0.15, 0.2) is 5.75 Å². The van der Waals surface area contributed by atoms with Crippen molar-refractivity contribution >= 4 is 23.3 Å². The fraction of sp³-hybridized carbons (Fsp3) is 0.462. The Bertz CT molecular complexity index is 495. The van der Waals surface area contributed by atoms with E-state index >= 15 is 0 Å². The molecule has 0 atom stereocenters. The molecule has 1 aromatic carbocycles. The number of carbonyl (C=O) groups is 1. The number of nitrogens with one attached hydrogen (secondary N) is 1. The molecule has 2 amide bonds. The Labute approximate surface area is 125 Å².